The Morgan fingerprint density at radius 1 is 1.34 bits per heavy atom. The van der Waals surface area contributed by atoms with E-state index in [1.54, 1.807) is 25.1 Å². The number of carbonyl (C=O) groups is 1. The molecule has 2 atom stereocenters. The van der Waals surface area contributed by atoms with Crippen molar-refractivity contribution in [1.29, 1.82) is 0 Å². The van der Waals surface area contributed by atoms with Crippen molar-refractivity contribution in [3.63, 3.8) is 0 Å². The van der Waals surface area contributed by atoms with Crippen LogP contribution in [0, 0.1) is 17.8 Å². The van der Waals surface area contributed by atoms with Gasteiger partial charge in [0, 0.05) is 42.4 Å². The molecule has 1 aliphatic rings. The third kappa shape index (κ3) is 6.70. The Morgan fingerprint density at radius 2 is 1.97 bits per heavy atom. The van der Waals surface area contributed by atoms with Crippen LogP contribution in [0.15, 0.2) is 16.7 Å². The summed E-state index contributed by atoms with van der Waals surface area (Å²) in [5, 5.41) is 10.9. The highest BCUT2D eigenvalue weighted by Gasteiger charge is 2.35. The number of carbonyl (C=O) groups excluding carboxylic acids is 1. The van der Waals surface area contributed by atoms with E-state index >= 15 is 0 Å². The van der Waals surface area contributed by atoms with Gasteiger partial charge in [-0.25, -0.2) is 4.79 Å². The first-order valence-electron chi connectivity index (χ1n) is 9.84. The standard InChI is InChI=1S/C22H31BrN2O4/c1-15(28-6)19-18(23)13-16(14-24-19)7-10-22(5,27)17-8-11-25(12-9-17)20(26)29-21(2,3)4/h13-15,17,27H,8-9,11-12H2,1-6H3/t15-,22?/m0/s1. The van der Waals surface area contributed by atoms with Gasteiger partial charge in [0.25, 0.3) is 0 Å². The number of aliphatic hydroxyl groups is 1. The van der Waals surface area contributed by atoms with Crippen molar-refractivity contribution in [3.05, 3.63) is 28.0 Å². The first-order chi connectivity index (χ1) is 13.4. The molecule has 160 valence electrons. The van der Waals surface area contributed by atoms with Crippen LogP contribution in [0.1, 0.15) is 64.8 Å². The highest BCUT2D eigenvalue weighted by molar-refractivity contribution is 9.10. The molecule has 1 N–H and O–H groups in total. The number of ether oxygens (including phenoxy) is 2. The molecular formula is C22H31BrN2O4. The maximum Gasteiger partial charge on any atom is 0.410 e. The van der Waals surface area contributed by atoms with Crippen molar-refractivity contribution in [2.45, 2.75) is 64.8 Å². The van der Waals surface area contributed by atoms with Crippen LogP contribution in [-0.2, 0) is 9.47 Å². The zero-order valence-electron chi connectivity index (χ0n) is 18.1. The molecule has 1 aromatic rings. The van der Waals surface area contributed by atoms with Crippen LogP contribution in [0.4, 0.5) is 4.79 Å². The summed E-state index contributed by atoms with van der Waals surface area (Å²) in [6, 6.07) is 1.88. The number of halogens is 1. The van der Waals surface area contributed by atoms with Gasteiger partial charge in [-0.2, -0.15) is 0 Å². The molecule has 0 aliphatic carbocycles. The Labute approximate surface area is 182 Å². The highest BCUT2D eigenvalue weighted by atomic mass is 79.9. The van der Waals surface area contributed by atoms with Crippen molar-refractivity contribution < 1.29 is 19.4 Å². The van der Waals surface area contributed by atoms with Gasteiger partial charge in [0.2, 0.25) is 0 Å². The number of hydrogen-bond donors (Lipinski definition) is 1. The number of pyridine rings is 1. The van der Waals surface area contributed by atoms with Crippen molar-refractivity contribution in [3.8, 4) is 11.8 Å². The van der Waals surface area contributed by atoms with Crippen LogP contribution in [-0.4, -0.2) is 52.5 Å². The minimum absolute atomic E-state index is 0.0159. The molecule has 2 rings (SSSR count). The average Bonchev–Trinajstić information content (AvgIpc) is 2.64. The van der Waals surface area contributed by atoms with Gasteiger partial charge in [0.15, 0.2) is 0 Å². The predicted octanol–water partition coefficient (Wildman–Crippen LogP) is 4.30. The van der Waals surface area contributed by atoms with Gasteiger partial charge < -0.3 is 19.5 Å². The quantitative estimate of drug-likeness (QED) is 0.672. The molecule has 1 unspecified atom stereocenters. The third-order valence-corrected chi connectivity index (χ3v) is 5.64. The number of aromatic nitrogens is 1. The summed E-state index contributed by atoms with van der Waals surface area (Å²) in [6.07, 6.45) is 2.61. The summed E-state index contributed by atoms with van der Waals surface area (Å²) < 4.78 is 11.5. The molecule has 0 spiro atoms. The van der Waals surface area contributed by atoms with E-state index in [-0.39, 0.29) is 18.1 Å². The molecule has 0 bridgehead atoms. The molecule has 0 aromatic carbocycles. The van der Waals surface area contributed by atoms with Crippen molar-refractivity contribution in [2.24, 2.45) is 5.92 Å². The van der Waals surface area contributed by atoms with Gasteiger partial charge >= 0.3 is 6.09 Å². The lowest BCUT2D eigenvalue weighted by atomic mass is 9.82. The van der Waals surface area contributed by atoms with Crippen LogP contribution in [0.3, 0.4) is 0 Å². The Morgan fingerprint density at radius 3 is 2.48 bits per heavy atom. The summed E-state index contributed by atoms with van der Waals surface area (Å²) in [7, 11) is 1.64. The number of nitrogens with zero attached hydrogens (tertiary/aromatic N) is 2. The summed E-state index contributed by atoms with van der Waals surface area (Å²) in [6.45, 7) is 10.3. The second-order valence-electron chi connectivity index (χ2n) is 8.61. The van der Waals surface area contributed by atoms with E-state index in [9.17, 15) is 9.90 Å². The molecule has 6 nitrogen and oxygen atoms in total. The molecule has 0 saturated carbocycles. The van der Waals surface area contributed by atoms with Crippen LogP contribution < -0.4 is 0 Å². The third-order valence-electron chi connectivity index (χ3n) is 5.01. The minimum Gasteiger partial charge on any atom is -0.444 e. The lowest BCUT2D eigenvalue weighted by Crippen LogP contribution is -2.46. The van der Waals surface area contributed by atoms with Gasteiger partial charge in [-0.05, 0) is 69.5 Å². The van der Waals surface area contributed by atoms with E-state index < -0.39 is 11.2 Å². The molecule has 0 radical (unpaired) electrons. The maximum atomic E-state index is 12.2. The number of likely N-dealkylation sites (tertiary alicyclic amines) is 1. The van der Waals surface area contributed by atoms with Gasteiger partial charge in [0.05, 0.1) is 11.8 Å². The topological polar surface area (TPSA) is 71.9 Å². The predicted molar refractivity (Wildman–Crippen MR) is 115 cm³/mol. The van der Waals surface area contributed by atoms with E-state index in [0.717, 1.165) is 15.7 Å². The number of hydrogen-bond acceptors (Lipinski definition) is 5. The van der Waals surface area contributed by atoms with Gasteiger partial charge in [-0.1, -0.05) is 11.8 Å². The smallest absolute Gasteiger partial charge is 0.410 e. The first kappa shape index (κ1) is 23.7. The lowest BCUT2D eigenvalue weighted by molar-refractivity contribution is -0.00444. The highest BCUT2D eigenvalue weighted by Crippen LogP contribution is 2.29. The van der Waals surface area contributed by atoms with Crippen molar-refractivity contribution >= 4 is 22.0 Å². The lowest BCUT2D eigenvalue weighted by Gasteiger charge is -2.37. The summed E-state index contributed by atoms with van der Waals surface area (Å²) in [4.78, 5) is 18.3. The van der Waals surface area contributed by atoms with Gasteiger partial charge in [0.1, 0.15) is 11.2 Å². The maximum absolute atomic E-state index is 12.2. The Kier molecular flexibility index (Phi) is 7.72. The molecule has 1 amide bonds. The van der Waals surface area contributed by atoms with Crippen molar-refractivity contribution in [1.82, 2.24) is 9.88 Å². The molecular weight excluding hydrogens is 436 g/mol. The number of amides is 1. The number of piperidine rings is 1. The van der Waals surface area contributed by atoms with E-state index in [1.165, 1.54) is 0 Å². The molecule has 1 fully saturated rings. The Balaban J connectivity index is 2.01. The van der Waals surface area contributed by atoms with Gasteiger partial charge in [-0.3, -0.25) is 4.98 Å². The minimum atomic E-state index is -1.15. The molecule has 1 aliphatic heterocycles. The molecule has 1 aromatic heterocycles. The normalized spacial score (nSPS) is 18.4. The average molecular weight is 467 g/mol. The monoisotopic (exact) mass is 466 g/mol. The molecule has 29 heavy (non-hydrogen) atoms. The fourth-order valence-electron chi connectivity index (χ4n) is 3.18. The zero-order chi connectivity index (χ0) is 21.8. The van der Waals surface area contributed by atoms with Gasteiger partial charge in [-0.15, -0.1) is 0 Å². The fourth-order valence-corrected chi connectivity index (χ4v) is 3.85. The van der Waals surface area contributed by atoms with Crippen LogP contribution in [0.2, 0.25) is 0 Å². The van der Waals surface area contributed by atoms with Crippen LogP contribution in [0.5, 0.6) is 0 Å². The van der Waals surface area contributed by atoms with Crippen LogP contribution >= 0.6 is 15.9 Å². The molecule has 2 heterocycles. The van der Waals surface area contributed by atoms with Crippen molar-refractivity contribution in [2.75, 3.05) is 20.2 Å². The van der Waals surface area contributed by atoms with E-state index in [4.69, 9.17) is 9.47 Å². The van der Waals surface area contributed by atoms with E-state index in [1.807, 2.05) is 33.8 Å². The zero-order valence-corrected chi connectivity index (χ0v) is 19.7. The molecule has 1 saturated heterocycles. The fraction of sp³-hybridized carbons (Fsp3) is 0.636. The summed E-state index contributed by atoms with van der Waals surface area (Å²) in [5.41, 5.74) is -0.135. The Hall–Kier alpha value is -1.62. The van der Waals surface area contributed by atoms with Crippen LogP contribution in [0.25, 0.3) is 0 Å². The Bertz CT molecular complexity index is 784. The SMILES string of the molecule is CO[C@@H](C)c1ncc(C#CC(C)(O)C2CCN(C(=O)OC(C)(C)C)CC2)cc1Br. The largest absolute Gasteiger partial charge is 0.444 e. The summed E-state index contributed by atoms with van der Waals surface area (Å²) in [5.74, 6) is 6.01. The molecule has 7 heteroatoms. The second kappa shape index (κ2) is 9.46. The second-order valence-corrected chi connectivity index (χ2v) is 9.46. The van der Waals surface area contributed by atoms with E-state index in [2.05, 4.69) is 32.8 Å². The van der Waals surface area contributed by atoms with E-state index in [0.29, 0.717) is 25.9 Å². The number of rotatable bonds is 3. The summed E-state index contributed by atoms with van der Waals surface area (Å²) >= 11 is 3.50. The number of methoxy groups -OCH3 is 1. The first-order valence-corrected chi connectivity index (χ1v) is 10.6.